The van der Waals surface area contributed by atoms with Crippen LogP contribution in [0.25, 0.3) is 10.9 Å². The number of anilines is 1. The maximum absolute atomic E-state index is 12.7. The number of hydrogen-bond acceptors (Lipinski definition) is 6. The van der Waals surface area contributed by atoms with E-state index in [0.717, 1.165) is 28.6 Å². The van der Waals surface area contributed by atoms with Gasteiger partial charge in [-0.15, -0.1) is 12.4 Å². The number of H-pyrrole nitrogens is 1. The number of aromatic amines is 1. The number of rotatable bonds is 8. The highest BCUT2D eigenvalue weighted by Crippen LogP contribution is 2.24. The van der Waals surface area contributed by atoms with Gasteiger partial charge in [0.05, 0.1) is 0 Å². The second-order valence-corrected chi connectivity index (χ2v) is 9.56. The van der Waals surface area contributed by atoms with Gasteiger partial charge in [0.1, 0.15) is 11.5 Å². The number of carbonyl (C=O) groups excluding carboxylic acids is 1. The van der Waals surface area contributed by atoms with E-state index >= 15 is 0 Å². The van der Waals surface area contributed by atoms with Gasteiger partial charge in [-0.05, 0) is 54.4 Å². The highest BCUT2D eigenvalue weighted by molar-refractivity contribution is 7.85. The van der Waals surface area contributed by atoms with E-state index in [9.17, 15) is 13.2 Å². The van der Waals surface area contributed by atoms with Gasteiger partial charge in [-0.1, -0.05) is 12.1 Å². The van der Waals surface area contributed by atoms with Crippen LogP contribution in [0.2, 0.25) is 0 Å². The van der Waals surface area contributed by atoms with E-state index in [0.29, 0.717) is 44.0 Å². The van der Waals surface area contributed by atoms with Crippen molar-refractivity contribution in [3.8, 4) is 5.75 Å². The maximum atomic E-state index is 12.7. The zero-order valence-corrected chi connectivity index (χ0v) is 20.3. The van der Waals surface area contributed by atoms with Crippen molar-refractivity contribution in [2.75, 3.05) is 44.2 Å². The maximum Gasteiger partial charge on any atom is 0.269 e. The molecule has 11 heteroatoms. The van der Waals surface area contributed by atoms with E-state index in [4.69, 9.17) is 15.0 Å². The Bertz CT molecular complexity index is 1220. The summed E-state index contributed by atoms with van der Waals surface area (Å²) < 4.78 is 36.8. The fourth-order valence-corrected chi connectivity index (χ4v) is 4.69. The molecule has 0 unspecified atom stereocenters. The molecule has 0 aliphatic carbocycles. The summed E-state index contributed by atoms with van der Waals surface area (Å²) in [5, 5.41) is 1.06. The first kappa shape index (κ1) is 25.8. The molecule has 1 aromatic heterocycles. The van der Waals surface area contributed by atoms with E-state index in [2.05, 4.69) is 9.88 Å². The summed E-state index contributed by atoms with van der Waals surface area (Å²) >= 11 is 0. The molecule has 3 aromatic rings. The topological polar surface area (TPSA) is 129 Å². The van der Waals surface area contributed by atoms with Gasteiger partial charge in [-0.3, -0.25) is 9.35 Å². The lowest BCUT2D eigenvalue weighted by atomic mass is 10.1. The molecule has 9 nitrogen and oxygen atoms in total. The first-order chi connectivity index (χ1) is 15.8. The number of benzene rings is 2. The average Bonchev–Trinajstić information content (AvgIpc) is 3.19. The zero-order chi connectivity index (χ0) is 23.4. The van der Waals surface area contributed by atoms with Crippen LogP contribution in [0, 0.1) is 0 Å². The van der Waals surface area contributed by atoms with Crippen LogP contribution in [0.15, 0.2) is 48.7 Å². The fraction of sp³-hybridized carbons (Fsp3) is 0.348. The van der Waals surface area contributed by atoms with E-state index < -0.39 is 15.9 Å². The van der Waals surface area contributed by atoms with Crippen LogP contribution in [0.1, 0.15) is 11.1 Å². The quantitative estimate of drug-likeness (QED) is 0.398. The van der Waals surface area contributed by atoms with Crippen LogP contribution < -0.4 is 15.4 Å². The van der Waals surface area contributed by atoms with E-state index in [-0.39, 0.29) is 24.9 Å². The molecule has 184 valence electrons. The van der Waals surface area contributed by atoms with Crippen LogP contribution >= 0.6 is 12.4 Å². The number of aromatic nitrogens is 1. The summed E-state index contributed by atoms with van der Waals surface area (Å²) in [6, 6.07) is 12.8. The van der Waals surface area contributed by atoms with Gasteiger partial charge in [0.15, 0.2) is 6.61 Å². The van der Waals surface area contributed by atoms with Crippen molar-refractivity contribution >= 4 is 45.0 Å². The second kappa shape index (κ2) is 11.1. The van der Waals surface area contributed by atoms with Crippen LogP contribution in [0.4, 0.5) is 5.69 Å². The third-order valence-electron chi connectivity index (χ3n) is 5.80. The van der Waals surface area contributed by atoms with Gasteiger partial charge in [0.2, 0.25) is 0 Å². The summed E-state index contributed by atoms with van der Waals surface area (Å²) in [6.07, 6.45) is 2.73. The first-order valence-corrected chi connectivity index (χ1v) is 12.4. The number of amides is 1. The molecule has 1 saturated heterocycles. The monoisotopic (exact) mass is 508 g/mol. The van der Waals surface area contributed by atoms with Crippen LogP contribution in [0.5, 0.6) is 5.75 Å². The number of piperazine rings is 1. The predicted molar refractivity (Wildman–Crippen MR) is 134 cm³/mol. The molecule has 1 amide bonds. The van der Waals surface area contributed by atoms with Crippen molar-refractivity contribution in [3.63, 3.8) is 0 Å². The molecule has 0 atom stereocenters. The van der Waals surface area contributed by atoms with E-state index in [1.807, 2.05) is 36.5 Å². The normalized spacial score (nSPS) is 14.2. The number of carbonyl (C=O) groups is 1. The Kier molecular flexibility index (Phi) is 8.42. The average molecular weight is 509 g/mol. The van der Waals surface area contributed by atoms with Crippen LogP contribution in [-0.4, -0.2) is 68.1 Å². The van der Waals surface area contributed by atoms with Crippen molar-refractivity contribution in [1.29, 1.82) is 0 Å². The SMILES string of the molecule is Cl.NCCc1c[nH]c2ccc(OCC(=O)N3CCN(c4ccc(CS(=O)(=O)O)cc4)CC3)cc12. The number of fused-ring (bicyclic) bond motifs is 1. The Balaban J connectivity index is 0.00000324. The highest BCUT2D eigenvalue weighted by Gasteiger charge is 2.22. The molecule has 4 rings (SSSR count). The van der Waals surface area contributed by atoms with Gasteiger partial charge in [0, 0.05) is 49.0 Å². The number of hydrogen-bond donors (Lipinski definition) is 3. The summed E-state index contributed by atoms with van der Waals surface area (Å²) in [5.74, 6) is 0.188. The molecule has 0 spiro atoms. The van der Waals surface area contributed by atoms with Crippen molar-refractivity contribution in [1.82, 2.24) is 9.88 Å². The number of halogens is 1. The summed E-state index contributed by atoms with van der Waals surface area (Å²) in [6.45, 7) is 3.03. The number of ether oxygens (including phenoxy) is 1. The van der Waals surface area contributed by atoms with Gasteiger partial charge in [0.25, 0.3) is 16.0 Å². The minimum absolute atomic E-state index is 0. The third kappa shape index (κ3) is 6.41. The van der Waals surface area contributed by atoms with Crippen molar-refractivity contribution in [2.45, 2.75) is 12.2 Å². The lowest BCUT2D eigenvalue weighted by Crippen LogP contribution is -2.50. The smallest absolute Gasteiger partial charge is 0.269 e. The molecule has 2 heterocycles. The van der Waals surface area contributed by atoms with Crippen molar-refractivity contribution in [3.05, 3.63) is 59.8 Å². The predicted octanol–water partition coefficient (Wildman–Crippen LogP) is 2.21. The molecule has 0 radical (unpaired) electrons. The van der Waals surface area contributed by atoms with Crippen molar-refractivity contribution in [2.24, 2.45) is 5.73 Å². The Morgan fingerprint density at radius 3 is 2.44 bits per heavy atom. The lowest BCUT2D eigenvalue weighted by molar-refractivity contribution is -0.133. The Hall–Kier alpha value is -2.79. The Morgan fingerprint density at radius 2 is 1.79 bits per heavy atom. The number of nitrogens with two attached hydrogens (primary N) is 1. The molecule has 2 aromatic carbocycles. The second-order valence-electron chi connectivity index (χ2n) is 8.11. The van der Waals surface area contributed by atoms with Gasteiger partial charge in [-0.2, -0.15) is 8.42 Å². The summed E-state index contributed by atoms with van der Waals surface area (Å²) in [7, 11) is -4.05. The minimum Gasteiger partial charge on any atom is -0.484 e. The largest absolute Gasteiger partial charge is 0.484 e. The molecule has 0 saturated carbocycles. The summed E-state index contributed by atoms with van der Waals surface area (Å²) in [5.41, 5.74) is 9.30. The Morgan fingerprint density at radius 1 is 1.09 bits per heavy atom. The van der Waals surface area contributed by atoms with Crippen LogP contribution in [0.3, 0.4) is 0 Å². The lowest BCUT2D eigenvalue weighted by Gasteiger charge is -2.36. The number of nitrogens with one attached hydrogen (secondary N) is 1. The molecule has 34 heavy (non-hydrogen) atoms. The first-order valence-electron chi connectivity index (χ1n) is 10.8. The highest BCUT2D eigenvalue weighted by atomic mass is 35.5. The van der Waals surface area contributed by atoms with Gasteiger partial charge < -0.3 is 25.3 Å². The summed E-state index contributed by atoms with van der Waals surface area (Å²) in [4.78, 5) is 19.8. The van der Waals surface area contributed by atoms with Gasteiger partial charge in [-0.25, -0.2) is 0 Å². The van der Waals surface area contributed by atoms with E-state index in [1.54, 1.807) is 17.0 Å². The molecule has 4 N–H and O–H groups in total. The van der Waals surface area contributed by atoms with E-state index in [1.165, 1.54) is 0 Å². The third-order valence-corrected chi connectivity index (χ3v) is 6.50. The minimum atomic E-state index is -4.05. The standard InChI is InChI=1S/C23H28N4O5S.ClH/c24-8-7-18-14-25-22-6-5-20(13-21(18)22)32-15-23(28)27-11-9-26(10-12-27)19-3-1-17(2-4-19)16-33(29,30)31;/h1-6,13-14,25H,7-12,15-16,24H2,(H,29,30,31);1H. The van der Waals surface area contributed by atoms with Crippen LogP contribution in [-0.2, 0) is 27.1 Å². The fourth-order valence-electron chi connectivity index (χ4n) is 4.07. The van der Waals surface area contributed by atoms with Crippen molar-refractivity contribution < 1.29 is 22.5 Å². The molecule has 1 aliphatic rings. The molecule has 1 fully saturated rings. The Labute approximate surface area is 205 Å². The van der Waals surface area contributed by atoms with Gasteiger partial charge >= 0.3 is 0 Å². The number of nitrogens with zero attached hydrogens (tertiary/aromatic N) is 2. The molecular formula is C23H29ClN4O5S. The molecular weight excluding hydrogens is 480 g/mol. The molecule has 1 aliphatic heterocycles. The zero-order valence-electron chi connectivity index (χ0n) is 18.6. The molecule has 0 bridgehead atoms.